The summed E-state index contributed by atoms with van der Waals surface area (Å²) >= 11 is 2.15. The molecule has 0 saturated carbocycles. The number of nitrogens with zero attached hydrogens (tertiary/aromatic N) is 1. The lowest BCUT2D eigenvalue weighted by Gasteiger charge is -2.22. The largest absolute Gasteiger partial charge is 0.480 e. The predicted molar refractivity (Wildman–Crippen MR) is 108 cm³/mol. The molecule has 29 heavy (non-hydrogen) atoms. The SMILES string of the molecule is C[C@H](Oc1ccc(S(C)(=O)=O)cc1C(=O)N1Cc2cccc(I)c2C1)C(F)(F)F. The van der Waals surface area contributed by atoms with Gasteiger partial charge in [0.2, 0.25) is 0 Å². The van der Waals surface area contributed by atoms with Crippen LogP contribution in [-0.4, -0.2) is 37.8 Å². The number of sulfone groups is 1. The Morgan fingerprint density at radius 1 is 1.21 bits per heavy atom. The van der Waals surface area contributed by atoms with E-state index in [4.69, 9.17) is 4.74 Å². The first-order valence-electron chi connectivity index (χ1n) is 8.51. The zero-order valence-corrected chi connectivity index (χ0v) is 18.4. The molecular formula is C19H17F3INO4S. The molecular weight excluding hydrogens is 522 g/mol. The van der Waals surface area contributed by atoms with E-state index in [0.29, 0.717) is 0 Å². The van der Waals surface area contributed by atoms with Gasteiger partial charge in [0.1, 0.15) is 5.75 Å². The first-order chi connectivity index (χ1) is 13.4. The predicted octanol–water partition coefficient (Wildman–Crippen LogP) is 4.18. The van der Waals surface area contributed by atoms with Crippen molar-refractivity contribution >= 4 is 38.3 Å². The summed E-state index contributed by atoms with van der Waals surface area (Å²) < 4.78 is 68.6. The second-order valence-corrected chi connectivity index (χ2v) is 9.95. The fourth-order valence-corrected chi connectivity index (χ4v) is 4.33. The number of benzene rings is 2. The third kappa shape index (κ3) is 4.68. The van der Waals surface area contributed by atoms with Gasteiger partial charge in [0.25, 0.3) is 5.91 Å². The Hall–Kier alpha value is -1.82. The number of carbonyl (C=O) groups is 1. The van der Waals surface area contributed by atoms with Gasteiger partial charge >= 0.3 is 6.18 Å². The third-order valence-electron chi connectivity index (χ3n) is 4.59. The van der Waals surface area contributed by atoms with Crippen molar-refractivity contribution in [3.8, 4) is 5.75 Å². The maximum Gasteiger partial charge on any atom is 0.425 e. The quantitative estimate of drug-likeness (QED) is 0.548. The van der Waals surface area contributed by atoms with E-state index in [1.807, 2.05) is 18.2 Å². The normalized spacial score (nSPS) is 15.2. The Morgan fingerprint density at radius 2 is 1.90 bits per heavy atom. The van der Waals surface area contributed by atoms with Crippen molar-refractivity contribution in [2.24, 2.45) is 0 Å². The van der Waals surface area contributed by atoms with Crippen molar-refractivity contribution in [3.05, 3.63) is 56.7 Å². The fourth-order valence-electron chi connectivity index (χ4n) is 2.96. The van der Waals surface area contributed by atoms with Crippen molar-refractivity contribution in [1.29, 1.82) is 0 Å². The summed E-state index contributed by atoms with van der Waals surface area (Å²) in [6.07, 6.45) is -5.82. The molecule has 3 rings (SSSR count). The Morgan fingerprint density at radius 3 is 2.48 bits per heavy atom. The van der Waals surface area contributed by atoms with Crippen LogP contribution in [0.4, 0.5) is 13.2 Å². The minimum absolute atomic E-state index is 0.167. The molecule has 0 aliphatic carbocycles. The van der Waals surface area contributed by atoms with Gasteiger partial charge in [-0.1, -0.05) is 12.1 Å². The first-order valence-corrected chi connectivity index (χ1v) is 11.5. The van der Waals surface area contributed by atoms with E-state index in [-0.39, 0.29) is 29.3 Å². The molecule has 0 N–H and O–H groups in total. The molecule has 156 valence electrons. The number of hydrogen-bond acceptors (Lipinski definition) is 4. The Labute approximate surface area is 179 Å². The summed E-state index contributed by atoms with van der Waals surface area (Å²) in [4.78, 5) is 14.4. The second kappa shape index (κ2) is 7.78. The monoisotopic (exact) mass is 539 g/mol. The molecule has 1 aliphatic heterocycles. The zero-order valence-electron chi connectivity index (χ0n) is 15.5. The van der Waals surface area contributed by atoms with Gasteiger partial charge in [-0.25, -0.2) is 8.42 Å². The van der Waals surface area contributed by atoms with Gasteiger partial charge in [-0.2, -0.15) is 13.2 Å². The van der Waals surface area contributed by atoms with Gasteiger partial charge in [-0.15, -0.1) is 0 Å². The van der Waals surface area contributed by atoms with Gasteiger partial charge in [0.05, 0.1) is 10.5 Å². The summed E-state index contributed by atoms with van der Waals surface area (Å²) in [5.74, 6) is -0.898. The highest BCUT2D eigenvalue weighted by molar-refractivity contribution is 14.1. The molecule has 0 aromatic heterocycles. The van der Waals surface area contributed by atoms with Crippen LogP contribution in [0.25, 0.3) is 0 Å². The lowest BCUT2D eigenvalue weighted by molar-refractivity contribution is -0.189. The van der Waals surface area contributed by atoms with Crippen LogP contribution in [0.15, 0.2) is 41.3 Å². The molecule has 2 aromatic rings. The molecule has 0 radical (unpaired) electrons. The molecule has 1 heterocycles. The van der Waals surface area contributed by atoms with Gasteiger partial charge in [-0.3, -0.25) is 4.79 Å². The van der Waals surface area contributed by atoms with Crippen LogP contribution >= 0.6 is 22.6 Å². The van der Waals surface area contributed by atoms with E-state index in [0.717, 1.165) is 46.1 Å². The molecule has 0 unspecified atom stereocenters. The number of carbonyl (C=O) groups excluding carboxylic acids is 1. The first kappa shape index (κ1) is 21.9. The Balaban J connectivity index is 1.99. The van der Waals surface area contributed by atoms with Crippen molar-refractivity contribution in [1.82, 2.24) is 4.90 Å². The summed E-state index contributed by atoms with van der Waals surface area (Å²) in [6, 6.07) is 8.94. The lowest BCUT2D eigenvalue weighted by Crippen LogP contribution is -2.32. The minimum atomic E-state index is -4.63. The van der Waals surface area contributed by atoms with Crippen LogP contribution in [0.1, 0.15) is 28.4 Å². The summed E-state index contributed by atoms with van der Waals surface area (Å²) in [7, 11) is -3.67. The van der Waals surface area contributed by atoms with Crippen molar-refractivity contribution in [2.75, 3.05) is 6.26 Å². The maximum absolute atomic E-state index is 13.1. The average Bonchev–Trinajstić information content (AvgIpc) is 3.05. The maximum atomic E-state index is 13.1. The number of amides is 1. The number of hydrogen-bond donors (Lipinski definition) is 0. The minimum Gasteiger partial charge on any atom is -0.480 e. The number of rotatable bonds is 4. The van der Waals surface area contributed by atoms with E-state index in [1.54, 1.807) is 0 Å². The molecule has 1 aliphatic rings. The van der Waals surface area contributed by atoms with Gasteiger partial charge in [-0.05, 0) is 64.9 Å². The van der Waals surface area contributed by atoms with Crippen LogP contribution in [0.2, 0.25) is 0 Å². The average molecular weight is 539 g/mol. The van der Waals surface area contributed by atoms with E-state index < -0.39 is 28.0 Å². The summed E-state index contributed by atoms with van der Waals surface area (Å²) in [5, 5.41) is 0. The van der Waals surface area contributed by atoms with Crippen LogP contribution in [0.3, 0.4) is 0 Å². The topological polar surface area (TPSA) is 63.7 Å². The lowest BCUT2D eigenvalue weighted by atomic mass is 10.1. The van der Waals surface area contributed by atoms with Crippen LogP contribution in [-0.2, 0) is 22.9 Å². The molecule has 0 bridgehead atoms. The third-order valence-corrected chi connectivity index (χ3v) is 6.71. The van der Waals surface area contributed by atoms with E-state index >= 15 is 0 Å². The summed E-state index contributed by atoms with van der Waals surface area (Å²) in [5.41, 5.74) is 1.69. The smallest absolute Gasteiger partial charge is 0.425 e. The Kier molecular flexibility index (Phi) is 5.87. The fraction of sp³-hybridized carbons (Fsp3) is 0.316. The molecule has 10 heteroatoms. The highest BCUT2D eigenvalue weighted by Crippen LogP contribution is 2.33. The van der Waals surface area contributed by atoms with Crippen LogP contribution < -0.4 is 4.74 Å². The zero-order chi connectivity index (χ0) is 21.6. The molecule has 1 amide bonds. The highest BCUT2D eigenvalue weighted by atomic mass is 127. The van der Waals surface area contributed by atoms with Gasteiger partial charge in [0, 0.05) is 22.9 Å². The number of halogens is 4. The van der Waals surface area contributed by atoms with Crippen molar-refractivity contribution < 1.29 is 31.1 Å². The molecule has 2 aromatic carbocycles. The standard InChI is InChI=1S/C19H17F3INO4S/c1-11(19(20,21)22)28-17-7-6-13(29(2,26)27)8-14(17)18(25)24-9-12-4-3-5-16(23)15(12)10-24/h3-8,11H,9-10H2,1-2H3/t11-/m0/s1. The van der Waals surface area contributed by atoms with Crippen LogP contribution in [0.5, 0.6) is 5.75 Å². The number of ether oxygens (including phenoxy) is 1. The molecule has 5 nitrogen and oxygen atoms in total. The van der Waals surface area contributed by atoms with E-state index in [9.17, 15) is 26.4 Å². The Bertz CT molecular complexity index is 1070. The molecule has 0 saturated heterocycles. The molecule has 0 fully saturated rings. The van der Waals surface area contributed by atoms with E-state index in [2.05, 4.69) is 22.6 Å². The van der Waals surface area contributed by atoms with Gasteiger partial charge < -0.3 is 9.64 Å². The van der Waals surface area contributed by atoms with Crippen molar-refractivity contribution in [3.63, 3.8) is 0 Å². The molecule has 0 spiro atoms. The van der Waals surface area contributed by atoms with Crippen LogP contribution in [0, 0.1) is 3.57 Å². The number of fused-ring (bicyclic) bond motifs is 1. The van der Waals surface area contributed by atoms with E-state index in [1.165, 1.54) is 4.90 Å². The van der Waals surface area contributed by atoms with Crippen molar-refractivity contribution in [2.45, 2.75) is 37.2 Å². The highest BCUT2D eigenvalue weighted by Gasteiger charge is 2.39. The molecule has 1 atom stereocenters. The summed E-state index contributed by atoms with van der Waals surface area (Å²) in [6.45, 7) is 1.39. The number of alkyl halides is 3. The second-order valence-electron chi connectivity index (χ2n) is 6.77. The van der Waals surface area contributed by atoms with Gasteiger partial charge in [0.15, 0.2) is 15.9 Å².